The van der Waals surface area contributed by atoms with Crippen molar-refractivity contribution in [2.75, 3.05) is 0 Å². The molecular weight excluding hydrogens is 394 g/mol. The van der Waals surface area contributed by atoms with Gasteiger partial charge in [-0.2, -0.15) is 0 Å². The zero-order chi connectivity index (χ0) is 20.5. The van der Waals surface area contributed by atoms with Crippen molar-refractivity contribution >= 4 is 34.9 Å². The molecule has 0 spiro atoms. The van der Waals surface area contributed by atoms with Crippen LogP contribution in [-0.4, -0.2) is 16.7 Å². The Hall–Kier alpha value is -3.78. The molecule has 144 valence electrons. The number of Topliss-reactive ketones (excluding diaryl/α,β-unsaturated/α-hetero) is 1. The Balaban J connectivity index is 1.62. The van der Waals surface area contributed by atoms with Gasteiger partial charge in [-0.1, -0.05) is 18.2 Å². The van der Waals surface area contributed by atoms with Gasteiger partial charge < -0.3 is 9.47 Å². The number of nitro benzene ring substituents is 1. The van der Waals surface area contributed by atoms with Gasteiger partial charge in [0.2, 0.25) is 5.78 Å². The lowest BCUT2D eigenvalue weighted by molar-refractivity contribution is -0.384. The first-order valence-electron chi connectivity index (χ1n) is 8.51. The van der Waals surface area contributed by atoms with Crippen molar-refractivity contribution < 1.29 is 24.0 Å². The molecule has 2 aromatic carbocycles. The number of ketones is 1. The molecular formula is C21H13NO6S. The fourth-order valence-corrected chi connectivity index (χ4v) is 3.57. The highest BCUT2D eigenvalue weighted by Gasteiger charge is 2.30. The van der Waals surface area contributed by atoms with Gasteiger partial charge in [-0.25, -0.2) is 4.79 Å². The molecule has 0 unspecified atom stereocenters. The fraction of sp³-hybridized carbons (Fsp3) is 0.0476. The van der Waals surface area contributed by atoms with Crippen LogP contribution in [0, 0.1) is 17.0 Å². The SMILES string of the molecule is Cc1cc(OC(=O)c2cccs2)cc2c1C(=O)/C(=C/c1cccc([N+](=O)[O-])c1)O2. The second-order valence-electron chi connectivity index (χ2n) is 6.27. The highest BCUT2D eigenvalue weighted by atomic mass is 32.1. The lowest BCUT2D eigenvalue weighted by Gasteiger charge is -2.06. The van der Waals surface area contributed by atoms with Crippen LogP contribution in [-0.2, 0) is 0 Å². The number of carbonyl (C=O) groups excluding carboxylic acids is 2. The summed E-state index contributed by atoms with van der Waals surface area (Å²) in [5.74, 6) is -0.230. The van der Waals surface area contributed by atoms with Gasteiger partial charge in [0, 0.05) is 18.2 Å². The van der Waals surface area contributed by atoms with Crippen LogP contribution >= 0.6 is 11.3 Å². The van der Waals surface area contributed by atoms with Crippen LogP contribution in [0.5, 0.6) is 11.5 Å². The zero-order valence-electron chi connectivity index (χ0n) is 15.1. The number of esters is 1. The van der Waals surface area contributed by atoms with E-state index in [4.69, 9.17) is 9.47 Å². The molecule has 0 saturated carbocycles. The number of hydrogen-bond acceptors (Lipinski definition) is 7. The molecule has 8 heteroatoms. The zero-order valence-corrected chi connectivity index (χ0v) is 15.9. The van der Waals surface area contributed by atoms with Crippen molar-refractivity contribution in [3.05, 3.63) is 91.4 Å². The molecule has 0 N–H and O–H groups in total. The van der Waals surface area contributed by atoms with Crippen LogP contribution in [0.2, 0.25) is 0 Å². The van der Waals surface area contributed by atoms with Crippen molar-refractivity contribution in [2.24, 2.45) is 0 Å². The van der Waals surface area contributed by atoms with Gasteiger partial charge in [-0.3, -0.25) is 14.9 Å². The van der Waals surface area contributed by atoms with Crippen LogP contribution in [0.15, 0.2) is 59.7 Å². The molecule has 0 bridgehead atoms. The minimum Gasteiger partial charge on any atom is -0.452 e. The van der Waals surface area contributed by atoms with Crippen LogP contribution in [0.25, 0.3) is 6.08 Å². The van der Waals surface area contributed by atoms with Crippen LogP contribution in [0.1, 0.15) is 31.2 Å². The van der Waals surface area contributed by atoms with E-state index in [0.717, 1.165) is 0 Å². The standard InChI is InChI=1S/C21H13NO6S/c1-12-8-15(27-21(24)18-6-3-7-29-18)11-16-19(12)20(23)17(28-16)10-13-4-2-5-14(9-13)22(25)26/h2-11H,1H3/b17-10-. The summed E-state index contributed by atoms with van der Waals surface area (Å²) in [5, 5.41) is 12.7. The van der Waals surface area contributed by atoms with E-state index in [-0.39, 0.29) is 28.7 Å². The number of rotatable bonds is 4. The molecule has 0 radical (unpaired) electrons. The predicted molar refractivity (Wildman–Crippen MR) is 106 cm³/mol. The molecule has 1 aromatic heterocycles. The first kappa shape index (κ1) is 18.6. The van der Waals surface area contributed by atoms with Crippen molar-refractivity contribution in [3.8, 4) is 11.5 Å². The minimum absolute atomic E-state index is 0.0466. The van der Waals surface area contributed by atoms with Crippen molar-refractivity contribution in [3.63, 3.8) is 0 Å². The van der Waals surface area contributed by atoms with Gasteiger partial charge in [0.05, 0.1) is 10.5 Å². The first-order valence-corrected chi connectivity index (χ1v) is 9.39. The Kier molecular flexibility index (Phi) is 4.69. The number of allylic oxidation sites excluding steroid dienone is 1. The summed E-state index contributed by atoms with van der Waals surface area (Å²) >= 11 is 1.27. The molecule has 0 aliphatic carbocycles. The average Bonchev–Trinajstić information content (AvgIpc) is 3.31. The van der Waals surface area contributed by atoms with Gasteiger partial charge in [-0.05, 0) is 41.6 Å². The third-order valence-electron chi connectivity index (χ3n) is 4.26. The monoisotopic (exact) mass is 407 g/mol. The van der Waals surface area contributed by atoms with E-state index in [1.807, 2.05) is 0 Å². The summed E-state index contributed by atoms with van der Waals surface area (Å²) in [7, 11) is 0. The van der Waals surface area contributed by atoms with Crippen molar-refractivity contribution in [1.82, 2.24) is 0 Å². The first-order chi connectivity index (χ1) is 13.9. The summed E-state index contributed by atoms with van der Waals surface area (Å²) < 4.78 is 11.1. The molecule has 29 heavy (non-hydrogen) atoms. The maximum absolute atomic E-state index is 12.7. The Morgan fingerprint density at radius 2 is 2.03 bits per heavy atom. The molecule has 0 saturated heterocycles. The molecule has 1 aliphatic rings. The molecule has 2 heterocycles. The van der Waals surface area contributed by atoms with Crippen LogP contribution in [0.4, 0.5) is 5.69 Å². The largest absolute Gasteiger partial charge is 0.452 e. The maximum atomic E-state index is 12.7. The van der Waals surface area contributed by atoms with E-state index in [2.05, 4.69) is 0 Å². The lowest BCUT2D eigenvalue weighted by Crippen LogP contribution is -2.06. The summed E-state index contributed by atoms with van der Waals surface area (Å²) in [6.45, 7) is 1.72. The molecule has 3 aromatic rings. The third kappa shape index (κ3) is 3.65. The molecule has 0 atom stereocenters. The van der Waals surface area contributed by atoms with Gasteiger partial charge in [-0.15, -0.1) is 11.3 Å². The van der Waals surface area contributed by atoms with Crippen LogP contribution in [0.3, 0.4) is 0 Å². The molecule has 4 rings (SSSR count). The average molecular weight is 407 g/mol. The van der Waals surface area contributed by atoms with Crippen molar-refractivity contribution in [1.29, 1.82) is 0 Å². The summed E-state index contributed by atoms with van der Waals surface area (Å²) in [4.78, 5) is 35.8. The number of fused-ring (bicyclic) bond motifs is 1. The highest BCUT2D eigenvalue weighted by Crippen LogP contribution is 2.38. The Morgan fingerprint density at radius 1 is 1.21 bits per heavy atom. The van der Waals surface area contributed by atoms with Crippen molar-refractivity contribution in [2.45, 2.75) is 6.92 Å². The molecule has 0 amide bonds. The Labute approximate surface area is 169 Å². The predicted octanol–water partition coefficient (Wildman–Crippen LogP) is 4.80. The molecule has 7 nitrogen and oxygen atoms in total. The maximum Gasteiger partial charge on any atom is 0.353 e. The second-order valence-corrected chi connectivity index (χ2v) is 7.22. The number of hydrogen-bond donors (Lipinski definition) is 0. The normalized spacial score (nSPS) is 13.8. The number of thiophene rings is 1. The van der Waals surface area contributed by atoms with E-state index in [1.165, 1.54) is 41.7 Å². The smallest absolute Gasteiger partial charge is 0.353 e. The number of benzene rings is 2. The van der Waals surface area contributed by atoms with E-state index < -0.39 is 10.9 Å². The summed E-state index contributed by atoms with van der Waals surface area (Å²) in [6, 6.07) is 12.4. The number of carbonyl (C=O) groups is 2. The molecule has 1 aliphatic heterocycles. The van der Waals surface area contributed by atoms with Gasteiger partial charge in [0.1, 0.15) is 16.4 Å². The number of nitro groups is 1. The van der Waals surface area contributed by atoms with E-state index in [9.17, 15) is 19.7 Å². The third-order valence-corrected chi connectivity index (χ3v) is 5.11. The number of nitrogens with zero attached hydrogens (tertiary/aromatic N) is 1. The Morgan fingerprint density at radius 3 is 2.76 bits per heavy atom. The number of non-ortho nitro benzene ring substituents is 1. The number of aryl methyl sites for hydroxylation is 1. The van der Waals surface area contributed by atoms with Crippen LogP contribution < -0.4 is 9.47 Å². The second kappa shape index (κ2) is 7.33. The van der Waals surface area contributed by atoms with Gasteiger partial charge >= 0.3 is 5.97 Å². The van der Waals surface area contributed by atoms with Gasteiger partial charge in [0.15, 0.2) is 5.76 Å². The highest BCUT2D eigenvalue weighted by molar-refractivity contribution is 7.12. The fourth-order valence-electron chi connectivity index (χ4n) is 2.97. The topological polar surface area (TPSA) is 95.7 Å². The summed E-state index contributed by atoms with van der Waals surface area (Å²) in [6.07, 6.45) is 1.45. The quantitative estimate of drug-likeness (QED) is 0.203. The summed E-state index contributed by atoms with van der Waals surface area (Å²) in [5.41, 5.74) is 1.36. The van der Waals surface area contributed by atoms with Gasteiger partial charge in [0.25, 0.3) is 5.69 Å². The van der Waals surface area contributed by atoms with E-state index in [1.54, 1.807) is 36.6 Å². The minimum atomic E-state index is -0.507. The Bertz CT molecular complexity index is 1180. The van der Waals surface area contributed by atoms with E-state index >= 15 is 0 Å². The number of ether oxygens (including phenoxy) is 2. The molecule has 0 fully saturated rings. The lowest BCUT2D eigenvalue weighted by atomic mass is 10.0. The van der Waals surface area contributed by atoms with E-state index in [0.29, 0.717) is 21.6 Å².